The monoisotopic (exact) mass is 467 g/mol. The van der Waals surface area contributed by atoms with Crippen molar-refractivity contribution < 1.29 is 19.1 Å². The lowest BCUT2D eigenvalue weighted by molar-refractivity contribution is -0.190. The maximum absolute atomic E-state index is 12.6. The number of ether oxygens (including phenoxy) is 2. The predicted molar refractivity (Wildman–Crippen MR) is 136 cm³/mol. The van der Waals surface area contributed by atoms with Gasteiger partial charge in [-0.15, -0.1) is 0 Å². The van der Waals surface area contributed by atoms with Gasteiger partial charge in [0.25, 0.3) is 0 Å². The quantitative estimate of drug-likeness (QED) is 0.144. The zero-order chi connectivity index (χ0) is 24.5. The number of rotatable bonds is 21. The Labute approximate surface area is 203 Å². The Hall–Kier alpha value is -1.10. The van der Waals surface area contributed by atoms with E-state index in [2.05, 4.69) is 27.7 Å². The molecule has 5 heteroatoms. The molecular weight excluding hydrogens is 414 g/mol. The standard InChI is InChI=1S/C28H53NO4/c1-5-7-9-11-12-13-14-15-16-18-23(32-28(31)25(29)20-22(3)4)21-26-24(27(30)33-26)19-17-10-8-6-2/h22-26H,5-21,29H2,1-4H3/t23?,24-,25?,26-/m1/s1. The van der Waals surface area contributed by atoms with Gasteiger partial charge in [0.2, 0.25) is 0 Å². The highest BCUT2D eigenvalue weighted by atomic mass is 16.6. The maximum atomic E-state index is 12.6. The molecule has 4 atom stereocenters. The fraction of sp³-hybridized carbons (Fsp3) is 0.929. The van der Waals surface area contributed by atoms with E-state index >= 15 is 0 Å². The zero-order valence-corrected chi connectivity index (χ0v) is 22.1. The van der Waals surface area contributed by atoms with Crippen LogP contribution in [0.25, 0.3) is 0 Å². The molecule has 0 aliphatic carbocycles. The van der Waals surface area contributed by atoms with E-state index in [1.165, 1.54) is 57.8 Å². The first-order valence-corrected chi connectivity index (χ1v) is 14.1. The van der Waals surface area contributed by atoms with E-state index in [1.807, 2.05) is 0 Å². The molecule has 0 amide bonds. The number of hydrogen-bond acceptors (Lipinski definition) is 5. The summed E-state index contributed by atoms with van der Waals surface area (Å²) in [5, 5.41) is 0. The lowest BCUT2D eigenvalue weighted by atomic mass is 9.86. The summed E-state index contributed by atoms with van der Waals surface area (Å²) < 4.78 is 11.3. The lowest BCUT2D eigenvalue weighted by Crippen LogP contribution is -2.47. The largest absolute Gasteiger partial charge is 0.461 e. The summed E-state index contributed by atoms with van der Waals surface area (Å²) >= 11 is 0. The van der Waals surface area contributed by atoms with Crippen LogP contribution < -0.4 is 5.73 Å². The molecule has 5 nitrogen and oxygen atoms in total. The fourth-order valence-electron chi connectivity index (χ4n) is 4.73. The van der Waals surface area contributed by atoms with Crippen LogP contribution in [0.5, 0.6) is 0 Å². The minimum absolute atomic E-state index is 0.0319. The van der Waals surface area contributed by atoms with Crippen LogP contribution in [0.2, 0.25) is 0 Å². The Morgan fingerprint density at radius 1 is 0.909 bits per heavy atom. The molecule has 1 rings (SSSR count). The minimum atomic E-state index is -0.579. The van der Waals surface area contributed by atoms with Crippen molar-refractivity contribution in [3.8, 4) is 0 Å². The molecule has 0 aromatic heterocycles. The van der Waals surface area contributed by atoms with Gasteiger partial charge >= 0.3 is 11.9 Å². The molecule has 1 heterocycles. The van der Waals surface area contributed by atoms with Gasteiger partial charge < -0.3 is 15.2 Å². The van der Waals surface area contributed by atoms with Crippen molar-refractivity contribution in [2.45, 2.75) is 155 Å². The first-order valence-electron chi connectivity index (χ1n) is 14.1. The highest BCUT2D eigenvalue weighted by Crippen LogP contribution is 2.32. The first-order chi connectivity index (χ1) is 15.9. The van der Waals surface area contributed by atoms with E-state index in [4.69, 9.17) is 15.2 Å². The Morgan fingerprint density at radius 3 is 2.00 bits per heavy atom. The van der Waals surface area contributed by atoms with Crippen molar-refractivity contribution in [1.29, 1.82) is 0 Å². The Morgan fingerprint density at radius 2 is 1.45 bits per heavy atom. The Balaban J connectivity index is 2.47. The Kier molecular flexibility index (Phi) is 16.6. The summed E-state index contributed by atoms with van der Waals surface area (Å²) in [7, 11) is 0. The smallest absolute Gasteiger partial charge is 0.323 e. The van der Waals surface area contributed by atoms with Gasteiger partial charge in [-0.2, -0.15) is 0 Å². The van der Waals surface area contributed by atoms with E-state index in [9.17, 15) is 9.59 Å². The van der Waals surface area contributed by atoms with Crippen LogP contribution in [0, 0.1) is 11.8 Å². The molecule has 0 aromatic carbocycles. The normalized spacial score (nSPS) is 19.8. The number of cyclic esters (lactones) is 1. The van der Waals surface area contributed by atoms with E-state index in [-0.39, 0.29) is 30.1 Å². The summed E-state index contributed by atoms with van der Waals surface area (Å²) in [5.41, 5.74) is 6.07. The van der Waals surface area contributed by atoms with Crippen molar-refractivity contribution in [3.05, 3.63) is 0 Å². The van der Waals surface area contributed by atoms with Gasteiger partial charge in [-0.25, -0.2) is 0 Å². The first kappa shape index (κ1) is 29.9. The van der Waals surface area contributed by atoms with E-state index in [1.54, 1.807) is 0 Å². The lowest BCUT2D eigenvalue weighted by Gasteiger charge is -2.37. The molecule has 2 N–H and O–H groups in total. The van der Waals surface area contributed by atoms with Gasteiger partial charge in [-0.3, -0.25) is 9.59 Å². The number of unbranched alkanes of at least 4 members (excludes halogenated alkanes) is 11. The van der Waals surface area contributed by atoms with Crippen molar-refractivity contribution in [2.24, 2.45) is 17.6 Å². The van der Waals surface area contributed by atoms with Gasteiger partial charge in [0.05, 0.1) is 5.92 Å². The summed E-state index contributed by atoms with van der Waals surface area (Å²) in [5.74, 6) is -0.0742. The maximum Gasteiger partial charge on any atom is 0.323 e. The third-order valence-electron chi connectivity index (χ3n) is 6.82. The van der Waals surface area contributed by atoms with Gasteiger partial charge in [0.1, 0.15) is 18.2 Å². The number of hydrogen-bond donors (Lipinski definition) is 1. The SMILES string of the molecule is CCCCCCCCCCCC(C[C@H]1OC(=O)[C@@H]1CCCCCC)OC(=O)C(N)CC(C)C. The highest BCUT2D eigenvalue weighted by molar-refractivity contribution is 5.78. The molecule has 1 saturated heterocycles. The van der Waals surface area contributed by atoms with Crippen LogP contribution in [0.3, 0.4) is 0 Å². The number of carbonyl (C=O) groups is 2. The molecule has 194 valence electrons. The van der Waals surface area contributed by atoms with Gasteiger partial charge in [-0.1, -0.05) is 105 Å². The van der Waals surface area contributed by atoms with Crippen LogP contribution in [-0.4, -0.2) is 30.2 Å². The number of nitrogens with two attached hydrogens (primary N) is 1. The molecule has 0 aromatic rings. The molecule has 1 fully saturated rings. The summed E-state index contributed by atoms with van der Waals surface area (Å²) in [6, 6.07) is -0.579. The van der Waals surface area contributed by atoms with Crippen LogP contribution in [0.4, 0.5) is 0 Å². The van der Waals surface area contributed by atoms with Gasteiger partial charge in [0.15, 0.2) is 0 Å². The zero-order valence-electron chi connectivity index (χ0n) is 22.1. The molecule has 0 saturated carbocycles. The second-order valence-corrected chi connectivity index (χ2v) is 10.6. The minimum Gasteiger partial charge on any atom is -0.461 e. The molecule has 33 heavy (non-hydrogen) atoms. The number of esters is 2. The topological polar surface area (TPSA) is 78.6 Å². The van der Waals surface area contributed by atoms with Crippen molar-refractivity contribution in [1.82, 2.24) is 0 Å². The average Bonchev–Trinajstić information content (AvgIpc) is 2.76. The summed E-state index contributed by atoms with van der Waals surface area (Å²) in [4.78, 5) is 24.6. The molecule has 0 radical (unpaired) electrons. The second kappa shape index (κ2) is 18.3. The third kappa shape index (κ3) is 13.4. The Bertz CT molecular complexity index is 522. The molecule has 0 spiro atoms. The predicted octanol–water partition coefficient (Wildman–Crippen LogP) is 7.09. The van der Waals surface area contributed by atoms with Gasteiger partial charge in [0, 0.05) is 6.42 Å². The van der Waals surface area contributed by atoms with Crippen LogP contribution in [0.15, 0.2) is 0 Å². The van der Waals surface area contributed by atoms with E-state index in [0.29, 0.717) is 18.8 Å². The van der Waals surface area contributed by atoms with Crippen LogP contribution in [0.1, 0.15) is 137 Å². The molecule has 2 unspecified atom stereocenters. The van der Waals surface area contributed by atoms with E-state index < -0.39 is 6.04 Å². The summed E-state index contributed by atoms with van der Waals surface area (Å²) in [6.45, 7) is 8.56. The summed E-state index contributed by atoms with van der Waals surface area (Å²) in [6.07, 6.45) is 18.6. The molecular formula is C28H53NO4. The van der Waals surface area contributed by atoms with Crippen LogP contribution in [-0.2, 0) is 19.1 Å². The van der Waals surface area contributed by atoms with E-state index in [0.717, 1.165) is 38.5 Å². The van der Waals surface area contributed by atoms with Crippen molar-refractivity contribution in [3.63, 3.8) is 0 Å². The van der Waals surface area contributed by atoms with Gasteiger partial charge in [-0.05, 0) is 31.6 Å². The van der Waals surface area contributed by atoms with Crippen molar-refractivity contribution in [2.75, 3.05) is 0 Å². The van der Waals surface area contributed by atoms with Crippen LogP contribution >= 0.6 is 0 Å². The average molecular weight is 468 g/mol. The molecule has 0 bridgehead atoms. The second-order valence-electron chi connectivity index (χ2n) is 10.6. The third-order valence-corrected chi connectivity index (χ3v) is 6.82. The fourth-order valence-corrected chi connectivity index (χ4v) is 4.73. The van der Waals surface area contributed by atoms with Crippen molar-refractivity contribution >= 4 is 11.9 Å². The highest BCUT2D eigenvalue weighted by Gasteiger charge is 2.43. The molecule has 1 aliphatic rings. The number of carbonyl (C=O) groups excluding carboxylic acids is 2. The molecule has 1 aliphatic heterocycles.